The minimum absolute atomic E-state index is 0.133. The first kappa shape index (κ1) is 21.7. The number of ether oxygens (including phenoxy) is 2. The highest BCUT2D eigenvalue weighted by Crippen LogP contribution is 2.40. The Morgan fingerprint density at radius 3 is 2.32 bits per heavy atom. The van der Waals surface area contributed by atoms with Crippen molar-refractivity contribution >= 4 is 45.7 Å². The van der Waals surface area contributed by atoms with E-state index in [0.29, 0.717) is 22.2 Å². The standard InChI is InChI=1S/C23H24ClN3O3S/c1-29-18-11-17(12-19(13-18)30-2)25-20(28)14-31-22-21(15-5-7-16(24)8-6-15)26-23(27-22)9-3-4-10-23/h5-8,11-13H,3-4,9-10,14H2,1-2H3,(H,25,28). The Hall–Kier alpha value is -2.51. The Labute approximate surface area is 191 Å². The van der Waals surface area contributed by atoms with Crippen molar-refractivity contribution in [1.82, 2.24) is 0 Å². The zero-order valence-electron chi connectivity index (χ0n) is 17.5. The summed E-state index contributed by atoms with van der Waals surface area (Å²) in [5.41, 5.74) is 2.07. The van der Waals surface area contributed by atoms with Crippen molar-refractivity contribution < 1.29 is 14.3 Å². The normalized spacial score (nSPS) is 16.7. The predicted octanol–water partition coefficient (Wildman–Crippen LogP) is 5.20. The van der Waals surface area contributed by atoms with Crippen LogP contribution >= 0.6 is 23.4 Å². The Morgan fingerprint density at radius 1 is 1.06 bits per heavy atom. The maximum Gasteiger partial charge on any atom is 0.234 e. The first-order chi connectivity index (χ1) is 15.0. The molecule has 1 aliphatic heterocycles. The van der Waals surface area contributed by atoms with Crippen LogP contribution in [0.4, 0.5) is 5.69 Å². The van der Waals surface area contributed by atoms with Gasteiger partial charge in [0.15, 0.2) is 5.66 Å². The lowest BCUT2D eigenvalue weighted by molar-refractivity contribution is -0.113. The number of aliphatic imine (C=N–C) groups is 2. The highest BCUT2D eigenvalue weighted by molar-refractivity contribution is 8.16. The second kappa shape index (κ2) is 9.32. The van der Waals surface area contributed by atoms with E-state index < -0.39 is 0 Å². The quantitative estimate of drug-likeness (QED) is 0.647. The zero-order chi connectivity index (χ0) is 21.8. The minimum Gasteiger partial charge on any atom is -0.497 e. The number of rotatable bonds is 6. The molecule has 2 aliphatic rings. The molecule has 0 saturated heterocycles. The Kier molecular flexibility index (Phi) is 6.53. The molecule has 2 aromatic carbocycles. The molecule has 162 valence electrons. The number of anilines is 1. The summed E-state index contributed by atoms with van der Waals surface area (Å²) in [7, 11) is 3.15. The van der Waals surface area contributed by atoms with Crippen LogP contribution in [0.25, 0.3) is 0 Å². The van der Waals surface area contributed by atoms with Gasteiger partial charge in [-0.2, -0.15) is 0 Å². The number of hydrogen-bond donors (Lipinski definition) is 1. The van der Waals surface area contributed by atoms with Crippen LogP contribution in [-0.4, -0.2) is 42.3 Å². The topological polar surface area (TPSA) is 72.3 Å². The third kappa shape index (κ3) is 5.05. The van der Waals surface area contributed by atoms with Gasteiger partial charge in [0, 0.05) is 34.5 Å². The first-order valence-corrected chi connectivity index (χ1v) is 11.5. The summed E-state index contributed by atoms with van der Waals surface area (Å²) < 4.78 is 10.5. The van der Waals surface area contributed by atoms with Gasteiger partial charge < -0.3 is 14.8 Å². The number of carbonyl (C=O) groups excluding carboxylic acids is 1. The molecule has 0 radical (unpaired) electrons. The fourth-order valence-electron chi connectivity index (χ4n) is 3.79. The van der Waals surface area contributed by atoms with Gasteiger partial charge in [0.05, 0.1) is 25.7 Å². The van der Waals surface area contributed by atoms with Crippen LogP contribution in [0, 0.1) is 0 Å². The van der Waals surface area contributed by atoms with Gasteiger partial charge in [0.25, 0.3) is 0 Å². The molecule has 1 N–H and O–H groups in total. The van der Waals surface area contributed by atoms with E-state index in [1.54, 1.807) is 32.4 Å². The maximum absolute atomic E-state index is 12.6. The fraction of sp³-hybridized carbons (Fsp3) is 0.348. The first-order valence-electron chi connectivity index (χ1n) is 10.1. The minimum atomic E-state index is -0.367. The van der Waals surface area contributed by atoms with Gasteiger partial charge in [-0.05, 0) is 37.8 Å². The van der Waals surface area contributed by atoms with Gasteiger partial charge in [0.1, 0.15) is 16.5 Å². The number of nitrogens with zero attached hydrogens (tertiary/aromatic N) is 2. The van der Waals surface area contributed by atoms with E-state index in [0.717, 1.165) is 42.0 Å². The third-order valence-corrected chi connectivity index (χ3v) is 6.55. The van der Waals surface area contributed by atoms with Gasteiger partial charge in [0.2, 0.25) is 5.91 Å². The van der Waals surface area contributed by atoms with Gasteiger partial charge >= 0.3 is 0 Å². The van der Waals surface area contributed by atoms with Crippen LogP contribution in [0.15, 0.2) is 52.4 Å². The highest BCUT2D eigenvalue weighted by atomic mass is 35.5. The molecule has 1 aliphatic carbocycles. The van der Waals surface area contributed by atoms with Gasteiger partial charge in [-0.1, -0.05) is 35.5 Å². The molecule has 1 amide bonds. The van der Waals surface area contributed by atoms with Gasteiger partial charge in [-0.3, -0.25) is 9.79 Å². The van der Waals surface area contributed by atoms with Crippen molar-refractivity contribution in [2.75, 3.05) is 25.3 Å². The van der Waals surface area contributed by atoms with E-state index in [2.05, 4.69) is 5.32 Å². The van der Waals surface area contributed by atoms with Crippen LogP contribution in [0.1, 0.15) is 31.2 Å². The molecule has 31 heavy (non-hydrogen) atoms. The molecule has 1 spiro atoms. The van der Waals surface area contributed by atoms with E-state index in [1.165, 1.54) is 11.8 Å². The summed E-state index contributed by atoms with van der Waals surface area (Å²) in [6, 6.07) is 12.9. The lowest BCUT2D eigenvalue weighted by Crippen LogP contribution is -2.18. The maximum atomic E-state index is 12.6. The van der Waals surface area contributed by atoms with Gasteiger partial charge in [-0.15, -0.1) is 0 Å². The molecule has 2 aromatic rings. The van der Waals surface area contributed by atoms with Crippen LogP contribution < -0.4 is 14.8 Å². The second-order valence-electron chi connectivity index (χ2n) is 7.51. The van der Waals surface area contributed by atoms with Crippen LogP contribution in [0.5, 0.6) is 11.5 Å². The highest BCUT2D eigenvalue weighted by Gasteiger charge is 2.39. The average molecular weight is 458 g/mol. The molecule has 8 heteroatoms. The van der Waals surface area contributed by atoms with Crippen molar-refractivity contribution in [3.63, 3.8) is 0 Å². The molecule has 1 fully saturated rings. The van der Waals surface area contributed by atoms with Crippen molar-refractivity contribution in [3.8, 4) is 11.5 Å². The monoisotopic (exact) mass is 457 g/mol. The number of carbonyl (C=O) groups is 1. The molecule has 0 unspecified atom stereocenters. The molecule has 6 nitrogen and oxygen atoms in total. The summed E-state index contributed by atoms with van der Waals surface area (Å²) in [5, 5.41) is 4.39. The molecule has 0 bridgehead atoms. The summed E-state index contributed by atoms with van der Waals surface area (Å²) >= 11 is 7.46. The van der Waals surface area contributed by atoms with Crippen molar-refractivity contribution in [2.45, 2.75) is 31.3 Å². The van der Waals surface area contributed by atoms with E-state index in [9.17, 15) is 4.79 Å². The number of nitrogens with one attached hydrogen (secondary N) is 1. The summed E-state index contributed by atoms with van der Waals surface area (Å²) in [6.07, 6.45) is 4.14. The van der Waals surface area contributed by atoms with Crippen LogP contribution in [0.2, 0.25) is 5.02 Å². The summed E-state index contributed by atoms with van der Waals surface area (Å²) in [5.74, 6) is 1.32. The number of benzene rings is 2. The summed E-state index contributed by atoms with van der Waals surface area (Å²) in [6.45, 7) is 0. The van der Waals surface area contributed by atoms with E-state index >= 15 is 0 Å². The molecular weight excluding hydrogens is 434 g/mol. The van der Waals surface area contributed by atoms with Crippen LogP contribution in [-0.2, 0) is 4.79 Å². The van der Waals surface area contributed by atoms with E-state index in [4.69, 9.17) is 31.1 Å². The molecule has 1 heterocycles. The fourth-order valence-corrected chi connectivity index (χ4v) is 4.80. The Balaban J connectivity index is 1.48. The molecule has 4 rings (SSSR count). The molecule has 0 atom stereocenters. The number of methoxy groups -OCH3 is 2. The van der Waals surface area contributed by atoms with Crippen molar-refractivity contribution in [3.05, 3.63) is 53.1 Å². The van der Waals surface area contributed by atoms with Crippen molar-refractivity contribution in [1.29, 1.82) is 0 Å². The smallest absolute Gasteiger partial charge is 0.234 e. The largest absolute Gasteiger partial charge is 0.497 e. The lowest BCUT2D eigenvalue weighted by Gasteiger charge is -2.14. The van der Waals surface area contributed by atoms with E-state index in [1.807, 2.05) is 24.3 Å². The van der Waals surface area contributed by atoms with Gasteiger partial charge in [-0.25, -0.2) is 4.99 Å². The molecule has 1 saturated carbocycles. The number of halogens is 1. The second-order valence-corrected chi connectivity index (χ2v) is 8.91. The lowest BCUT2D eigenvalue weighted by atomic mass is 10.1. The Bertz CT molecular complexity index is 1010. The zero-order valence-corrected chi connectivity index (χ0v) is 19.1. The van der Waals surface area contributed by atoms with Crippen molar-refractivity contribution in [2.24, 2.45) is 9.98 Å². The average Bonchev–Trinajstić information content (AvgIpc) is 3.39. The number of amides is 1. The van der Waals surface area contributed by atoms with Crippen LogP contribution in [0.3, 0.4) is 0 Å². The SMILES string of the molecule is COc1cc(NC(=O)CSC2=NC3(CCCC3)N=C2c2ccc(Cl)cc2)cc(OC)c1. The number of hydrogen-bond acceptors (Lipinski definition) is 6. The van der Waals surface area contributed by atoms with E-state index in [-0.39, 0.29) is 17.3 Å². The Morgan fingerprint density at radius 2 is 1.71 bits per heavy atom. The predicted molar refractivity (Wildman–Crippen MR) is 127 cm³/mol. The molecular formula is C23H24ClN3O3S. The molecule has 0 aromatic heterocycles. The number of thioether (sulfide) groups is 1. The summed E-state index contributed by atoms with van der Waals surface area (Å²) in [4.78, 5) is 22.6. The third-order valence-electron chi connectivity index (χ3n) is 5.33.